The molecule has 0 aromatic rings. The predicted octanol–water partition coefficient (Wildman–Crippen LogP) is 4.90. The average molecular weight is 329 g/mol. The molecule has 2 aliphatic rings. The van der Waals surface area contributed by atoms with E-state index in [1.165, 1.54) is 0 Å². The van der Waals surface area contributed by atoms with Crippen LogP contribution in [0.5, 0.6) is 0 Å². The Hall–Kier alpha value is 0.133. The zero-order chi connectivity index (χ0) is 11.6. The molecule has 17 heavy (non-hydrogen) atoms. The van der Waals surface area contributed by atoms with Gasteiger partial charge in [0, 0.05) is 0 Å². The Labute approximate surface area is 132 Å². The first-order chi connectivity index (χ1) is 7.00. The quantitative estimate of drug-likeness (QED) is 0.555. The van der Waals surface area contributed by atoms with Crippen molar-refractivity contribution in [3.8, 4) is 0 Å². The van der Waals surface area contributed by atoms with Crippen LogP contribution in [0.2, 0.25) is 0 Å². The third-order valence-electron chi connectivity index (χ3n) is 1.17. The van der Waals surface area contributed by atoms with Crippen LogP contribution >= 0.6 is 12.4 Å². The average Bonchev–Trinajstić information content (AvgIpc) is 2.81. The summed E-state index contributed by atoms with van der Waals surface area (Å²) in [5.41, 5.74) is 0.250. The van der Waals surface area contributed by atoms with Gasteiger partial charge in [0.25, 0.3) is 0 Å². The largest absolute Gasteiger partial charge is 3.00 e. The summed E-state index contributed by atoms with van der Waals surface area (Å²) in [4.78, 5) is 0. The number of hydrogen-bond donors (Lipinski definition) is 0. The molecule has 0 amide bonds. The van der Waals surface area contributed by atoms with Gasteiger partial charge >= 0.3 is 26.2 Å². The molecule has 2 heteroatoms. The van der Waals surface area contributed by atoms with Crippen LogP contribution in [0, 0.1) is 24.5 Å². The van der Waals surface area contributed by atoms with E-state index in [0.29, 0.717) is 0 Å². The molecule has 93 valence electrons. The van der Waals surface area contributed by atoms with Crippen LogP contribution in [0.1, 0.15) is 33.6 Å². The minimum absolute atomic E-state index is 0. The zero-order valence-electron chi connectivity index (χ0n) is 11.0. The fraction of sp³-hybridized carbons (Fsp3) is 0.400. The maximum absolute atomic E-state index is 3.77. The second kappa shape index (κ2) is 14.2. The number of hydrogen-bond acceptors (Lipinski definition) is 0. The normalized spacial score (nSPS) is 13.9. The Balaban J connectivity index is -0.000000163. The van der Waals surface area contributed by atoms with Gasteiger partial charge in [-0.3, -0.25) is 12.2 Å². The first kappa shape index (κ1) is 22.3. The standard InChI is InChI=1S/2C5H5.C5H11.ClH.Zr/c2*1-2-4-5-3-1;1-5(2,3)4;;/h2*1-3H,4H2;1H2,2-4H3;1H;/q3*-1;;+3. The van der Waals surface area contributed by atoms with E-state index in [2.05, 4.69) is 52.0 Å². The molecular weight excluding hydrogens is 307 g/mol. The molecule has 0 unspecified atom stereocenters. The van der Waals surface area contributed by atoms with Gasteiger partial charge < -0.3 is 6.92 Å². The summed E-state index contributed by atoms with van der Waals surface area (Å²) in [7, 11) is 0. The molecule has 0 saturated carbocycles. The van der Waals surface area contributed by atoms with Gasteiger partial charge in [0.15, 0.2) is 0 Å². The third-order valence-corrected chi connectivity index (χ3v) is 1.17. The van der Waals surface area contributed by atoms with Crippen LogP contribution in [-0.4, -0.2) is 0 Å². The van der Waals surface area contributed by atoms with E-state index < -0.39 is 0 Å². The van der Waals surface area contributed by atoms with E-state index in [9.17, 15) is 0 Å². The van der Waals surface area contributed by atoms with Crippen molar-refractivity contribution in [1.29, 1.82) is 0 Å². The fourth-order valence-electron chi connectivity index (χ4n) is 0.680. The minimum atomic E-state index is 0. The van der Waals surface area contributed by atoms with Crippen LogP contribution in [0.3, 0.4) is 0 Å². The van der Waals surface area contributed by atoms with Gasteiger partial charge in [-0.05, 0) is 0 Å². The topological polar surface area (TPSA) is 0 Å². The third kappa shape index (κ3) is 31.4. The molecule has 0 N–H and O–H groups in total. The Morgan fingerprint density at radius 3 is 1.29 bits per heavy atom. The van der Waals surface area contributed by atoms with Gasteiger partial charge in [-0.2, -0.15) is 17.6 Å². The Morgan fingerprint density at radius 1 is 0.941 bits per heavy atom. The smallest absolute Gasteiger partial charge is 0.338 e. The predicted molar refractivity (Wildman–Crippen MR) is 75.2 cm³/mol. The maximum Gasteiger partial charge on any atom is 3.00 e. The molecule has 2 rings (SSSR count). The molecule has 1 radical (unpaired) electrons. The van der Waals surface area contributed by atoms with Crippen LogP contribution in [-0.2, 0) is 26.2 Å². The van der Waals surface area contributed by atoms with Crippen LogP contribution in [0.15, 0.2) is 36.5 Å². The van der Waals surface area contributed by atoms with Crippen molar-refractivity contribution < 1.29 is 26.2 Å². The van der Waals surface area contributed by atoms with E-state index in [4.69, 9.17) is 0 Å². The molecule has 0 spiro atoms. The minimum Gasteiger partial charge on any atom is -0.338 e. The summed E-state index contributed by atoms with van der Waals surface area (Å²) in [6.07, 6.45) is 20.0. The summed E-state index contributed by atoms with van der Waals surface area (Å²) >= 11 is 0. The van der Waals surface area contributed by atoms with Crippen LogP contribution in [0.4, 0.5) is 0 Å². The van der Waals surface area contributed by atoms with Gasteiger partial charge in [-0.1, -0.05) is 20.8 Å². The van der Waals surface area contributed by atoms with E-state index in [1.807, 2.05) is 24.3 Å². The summed E-state index contributed by atoms with van der Waals surface area (Å²) in [5.74, 6) is 0. The molecule has 0 atom stereocenters. The second-order valence-electron chi connectivity index (χ2n) is 4.57. The number of halogens is 1. The van der Waals surface area contributed by atoms with Crippen molar-refractivity contribution >= 4 is 12.4 Å². The summed E-state index contributed by atoms with van der Waals surface area (Å²) in [6, 6.07) is 0. The summed E-state index contributed by atoms with van der Waals surface area (Å²) < 4.78 is 0. The molecule has 2 aliphatic carbocycles. The summed E-state index contributed by atoms with van der Waals surface area (Å²) in [5, 5.41) is 0. The number of allylic oxidation sites excluding steroid dienone is 8. The van der Waals surface area contributed by atoms with Gasteiger partial charge in [0.2, 0.25) is 0 Å². The molecular formula is C15H22ClZr. The number of rotatable bonds is 0. The molecule has 0 heterocycles. The first-order valence-electron chi connectivity index (χ1n) is 5.29. The SMILES string of the molecule is Cl.[C-]1=CC=CC1.[C-]1=CC=CC1.[CH2-]C(C)(C)C.[Zr+3]. The Morgan fingerprint density at radius 2 is 1.24 bits per heavy atom. The van der Waals surface area contributed by atoms with Gasteiger partial charge in [0.1, 0.15) is 0 Å². The monoisotopic (exact) mass is 327 g/mol. The maximum atomic E-state index is 3.77. The molecule has 0 bridgehead atoms. The van der Waals surface area contributed by atoms with Gasteiger partial charge in [-0.15, -0.1) is 25.2 Å². The molecule has 0 saturated heterocycles. The fourth-order valence-corrected chi connectivity index (χ4v) is 0.680. The van der Waals surface area contributed by atoms with Crippen molar-refractivity contribution in [2.45, 2.75) is 33.6 Å². The zero-order valence-corrected chi connectivity index (χ0v) is 14.3. The van der Waals surface area contributed by atoms with Gasteiger partial charge in [-0.25, -0.2) is 24.3 Å². The molecule has 0 nitrogen and oxygen atoms in total. The summed E-state index contributed by atoms with van der Waals surface area (Å²) in [6.45, 7) is 10.0. The Kier molecular flexibility index (Phi) is 18.6. The second-order valence-corrected chi connectivity index (χ2v) is 4.57. The molecule has 0 fully saturated rings. The molecule has 0 aromatic heterocycles. The van der Waals surface area contributed by atoms with E-state index >= 15 is 0 Å². The van der Waals surface area contributed by atoms with Crippen LogP contribution in [0.25, 0.3) is 0 Å². The molecule has 0 aromatic carbocycles. The Bertz CT molecular complexity index is 207. The van der Waals surface area contributed by atoms with Crippen molar-refractivity contribution in [1.82, 2.24) is 0 Å². The van der Waals surface area contributed by atoms with E-state index in [-0.39, 0.29) is 44.0 Å². The van der Waals surface area contributed by atoms with E-state index in [0.717, 1.165) is 12.8 Å². The van der Waals surface area contributed by atoms with Crippen molar-refractivity contribution in [3.63, 3.8) is 0 Å². The van der Waals surface area contributed by atoms with Crippen LogP contribution < -0.4 is 0 Å². The van der Waals surface area contributed by atoms with Crippen molar-refractivity contribution in [2.75, 3.05) is 0 Å². The first-order valence-corrected chi connectivity index (χ1v) is 5.29. The van der Waals surface area contributed by atoms with E-state index in [1.54, 1.807) is 0 Å². The van der Waals surface area contributed by atoms with Crippen molar-refractivity contribution in [2.24, 2.45) is 5.41 Å². The van der Waals surface area contributed by atoms with Crippen molar-refractivity contribution in [3.05, 3.63) is 55.5 Å². The van der Waals surface area contributed by atoms with Gasteiger partial charge in [0.05, 0.1) is 0 Å². The molecule has 0 aliphatic heterocycles.